The maximum atomic E-state index is 11.9. The number of hydrogen-bond acceptors (Lipinski definition) is 5. The number of nitrogens with one attached hydrogen (secondary N) is 1. The molecule has 0 fully saturated rings. The Labute approximate surface area is 107 Å². The first-order chi connectivity index (χ1) is 8.49. The van der Waals surface area contributed by atoms with E-state index in [4.69, 9.17) is 10.00 Å². The molecular weight excluding hydrogens is 254 g/mol. The van der Waals surface area contributed by atoms with Crippen molar-refractivity contribution in [1.29, 1.82) is 5.26 Å². The highest BCUT2D eigenvalue weighted by molar-refractivity contribution is 7.89. The van der Waals surface area contributed by atoms with E-state index < -0.39 is 10.0 Å². The van der Waals surface area contributed by atoms with Crippen molar-refractivity contribution in [2.24, 2.45) is 0 Å². The van der Waals surface area contributed by atoms with Crippen molar-refractivity contribution in [2.75, 3.05) is 13.7 Å². The molecule has 1 aromatic heterocycles. The summed E-state index contributed by atoms with van der Waals surface area (Å²) in [6.07, 6.45) is 1.75. The Morgan fingerprint density at radius 3 is 2.78 bits per heavy atom. The maximum absolute atomic E-state index is 11.9. The molecule has 7 heteroatoms. The van der Waals surface area contributed by atoms with Gasteiger partial charge >= 0.3 is 0 Å². The largest absolute Gasteiger partial charge is 0.385 e. The van der Waals surface area contributed by atoms with Gasteiger partial charge in [0.25, 0.3) is 0 Å². The molecule has 1 atom stereocenters. The van der Waals surface area contributed by atoms with Crippen molar-refractivity contribution < 1.29 is 13.2 Å². The van der Waals surface area contributed by atoms with Crippen LogP contribution in [-0.2, 0) is 14.8 Å². The Hall–Kier alpha value is -1.49. The van der Waals surface area contributed by atoms with Gasteiger partial charge in [0.15, 0.2) is 0 Å². The molecule has 0 aliphatic heterocycles. The van der Waals surface area contributed by atoms with Gasteiger partial charge in [-0.1, -0.05) is 0 Å². The summed E-state index contributed by atoms with van der Waals surface area (Å²) in [5.74, 6) is 0. The standard InChI is InChI=1S/C11H15N3O3S/c1-9(5-6-17-2)14-18(15,16)11-4-3-10(7-12)13-8-11/h3-4,8-9,14H,5-6H2,1-2H3. The number of aromatic nitrogens is 1. The second kappa shape index (κ2) is 6.44. The normalized spacial score (nSPS) is 12.9. The van der Waals surface area contributed by atoms with Crippen LogP contribution in [0.15, 0.2) is 23.2 Å². The fraction of sp³-hybridized carbons (Fsp3) is 0.455. The monoisotopic (exact) mass is 269 g/mol. The lowest BCUT2D eigenvalue weighted by molar-refractivity contribution is 0.188. The van der Waals surface area contributed by atoms with Gasteiger partial charge in [0, 0.05) is 26.0 Å². The average molecular weight is 269 g/mol. The number of rotatable bonds is 6. The van der Waals surface area contributed by atoms with E-state index in [1.54, 1.807) is 14.0 Å². The van der Waals surface area contributed by atoms with Crippen LogP contribution in [0.1, 0.15) is 19.0 Å². The molecule has 0 saturated carbocycles. The number of nitriles is 1. The Balaban J connectivity index is 2.76. The number of sulfonamides is 1. The van der Waals surface area contributed by atoms with Crippen molar-refractivity contribution in [3.8, 4) is 6.07 Å². The Morgan fingerprint density at radius 2 is 2.28 bits per heavy atom. The van der Waals surface area contributed by atoms with Crippen LogP contribution in [0.25, 0.3) is 0 Å². The van der Waals surface area contributed by atoms with Gasteiger partial charge < -0.3 is 4.74 Å². The lowest BCUT2D eigenvalue weighted by Gasteiger charge is -2.13. The summed E-state index contributed by atoms with van der Waals surface area (Å²) in [7, 11) is -2.03. The van der Waals surface area contributed by atoms with Crippen molar-refractivity contribution in [3.63, 3.8) is 0 Å². The van der Waals surface area contributed by atoms with Gasteiger partial charge in [-0.05, 0) is 25.5 Å². The van der Waals surface area contributed by atoms with Gasteiger partial charge in [-0.3, -0.25) is 0 Å². The fourth-order valence-corrected chi connectivity index (χ4v) is 2.51. The molecule has 0 spiro atoms. The van der Waals surface area contributed by atoms with Crippen LogP contribution >= 0.6 is 0 Å². The molecule has 0 aliphatic rings. The van der Waals surface area contributed by atoms with Crippen LogP contribution in [0.4, 0.5) is 0 Å². The van der Waals surface area contributed by atoms with E-state index in [-0.39, 0.29) is 16.6 Å². The predicted octanol–water partition coefficient (Wildman–Crippen LogP) is 0.657. The summed E-state index contributed by atoms with van der Waals surface area (Å²) in [6, 6.07) is 4.33. The topological polar surface area (TPSA) is 92.1 Å². The molecule has 0 amide bonds. The third-order valence-electron chi connectivity index (χ3n) is 2.27. The van der Waals surface area contributed by atoms with Crippen molar-refractivity contribution >= 4 is 10.0 Å². The molecule has 0 saturated heterocycles. The van der Waals surface area contributed by atoms with Crippen molar-refractivity contribution in [1.82, 2.24) is 9.71 Å². The lowest BCUT2D eigenvalue weighted by Crippen LogP contribution is -2.33. The molecule has 1 N–H and O–H groups in total. The van der Waals surface area contributed by atoms with E-state index in [1.807, 2.05) is 6.07 Å². The van der Waals surface area contributed by atoms with Crippen molar-refractivity contribution in [2.45, 2.75) is 24.3 Å². The molecule has 6 nitrogen and oxygen atoms in total. The fourth-order valence-electron chi connectivity index (χ4n) is 1.29. The van der Waals surface area contributed by atoms with Crippen molar-refractivity contribution in [3.05, 3.63) is 24.0 Å². The molecule has 0 bridgehead atoms. The van der Waals surface area contributed by atoms with E-state index >= 15 is 0 Å². The highest BCUT2D eigenvalue weighted by Gasteiger charge is 2.17. The first-order valence-electron chi connectivity index (χ1n) is 5.37. The third kappa shape index (κ3) is 4.07. The molecule has 0 radical (unpaired) electrons. The number of methoxy groups -OCH3 is 1. The number of nitrogens with zero attached hydrogens (tertiary/aromatic N) is 2. The molecule has 1 heterocycles. The van der Waals surface area contributed by atoms with Gasteiger partial charge in [0.2, 0.25) is 10.0 Å². The molecule has 18 heavy (non-hydrogen) atoms. The highest BCUT2D eigenvalue weighted by atomic mass is 32.2. The minimum absolute atomic E-state index is 0.0470. The van der Waals surface area contributed by atoms with Crippen LogP contribution in [0.5, 0.6) is 0 Å². The summed E-state index contributed by atoms with van der Waals surface area (Å²) in [4.78, 5) is 3.77. The first kappa shape index (κ1) is 14.6. The van der Waals surface area contributed by atoms with Gasteiger partial charge in [-0.2, -0.15) is 5.26 Å². The molecule has 1 aromatic rings. The van der Waals surface area contributed by atoms with Crippen LogP contribution in [0, 0.1) is 11.3 Å². The van der Waals surface area contributed by atoms with Gasteiger partial charge in [0.05, 0.1) is 0 Å². The molecule has 1 unspecified atom stereocenters. The molecular formula is C11H15N3O3S. The SMILES string of the molecule is COCCC(C)NS(=O)(=O)c1ccc(C#N)nc1. The molecule has 98 valence electrons. The van der Waals surface area contributed by atoms with E-state index in [0.717, 1.165) is 0 Å². The predicted molar refractivity (Wildman–Crippen MR) is 65.2 cm³/mol. The summed E-state index contributed by atoms with van der Waals surface area (Å²) in [5.41, 5.74) is 0.182. The van der Waals surface area contributed by atoms with Crippen LogP contribution < -0.4 is 4.72 Å². The zero-order chi connectivity index (χ0) is 13.6. The number of pyridine rings is 1. The van der Waals surface area contributed by atoms with Crippen LogP contribution in [0.2, 0.25) is 0 Å². The number of ether oxygens (including phenoxy) is 1. The number of hydrogen-bond donors (Lipinski definition) is 1. The minimum Gasteiger partial charge on any atom is -0.385 e. The second-order valence-corrected chi connectivity index (χ2v) is 5.51. The van der Waals surface area contributed by atoms with E-state index in [9.17, 15) is 8.42 Å². The molecule has 0 aliphatic carbocycles. The van der Waals surface area contributed by atoms with Gasteiger partial charge in [-0.15, -0.1) is 0 Å². The summed E-state index contributed by atoms with van der Waals surface area (Å²) < 4.78 is 31.3. The average Bonchev–Trinajstić information content (AvgIpc) is 2.36. The maximum Gasteiger partial charge on any atom is 0.242 e. The van der Waals surface area contributed by atoms with Crippen LogP contribution in [0.3, 0.4) is 0 Å². The Bertz CT molecular complexity index is 519. The van der Waals surface area contributed by atoms with E-state index in [1.165, 1.54) is 18.3 Å². The van der Waals surface area contributed by atoms with E-state index in [2.05, 4.69) is 9.71 Å². The Kier molecular flexibility index (Phi) is 5.22. The zero-order valence-corrected chi connectivity index (χ0v) is 11.1. The Morgan fingerprint density at radius 1 is 1.56 bits per heavy atom. The lowest BCUT2D eigenvalue weighted by atomic mass is 10.3. The van der Waals surface area contributed by atoms with E-state index in [0.29, 0.717) is 13.0 Å². The third-order valence-corrected chi connectivity index (χ3v) is 3.85. The molecule has 0 aromatic carbocycles. The molecule has 1 rings (SSSR count). The summed E-state index contributed by atoms with van der Waals surface area (Å²) in [6.45, 7) is 2.24. The second-order valence-electron chi connectivity index (χ2n) is 3.79. The highest BCUT2D eigenvalue weighted by Crippen LogP contribution is 2.09. The van der Waals surface area contributed by atoms with Gasteiger partial charge in [0.1, 0.15) is 16.7 Å². The quantitative estimate of drug-likeness (QED) is 0.818. The summed E-state index contributed by atoms with van der Waals surface area (Å²) in [5, 5.41) is 8.58. The zero-order valence-electron chi connectivity index (χ0n) is 10.3. The first-order valence-corrected chi connectivity index (χ1v) is 6.85. The smallest absolute Gasteiger partial charge is 0.242 e. The van der Waals surface area contributed by atoms with Gasteiger partial charge in [-0.25, -0.2) is 18.1 Å². The minimum atomic E-state index is -3.59. The van der Waals surface area contributed by atoms with Crippen LogP contribution in [-0.4, -0.2) is 33.2 Å². The summed E-state index contributed by atoms with van der Waals surface area (Å²) >= 11 is 0.